The van der Waals surface area contributed by atoms with Gasteiger partial charge >= 0.3 is 0 Å². The lowest BCUT2D eigenvalue weighted by Gasteiger charge is -2.12. The normalized spacial score (nSPS) is 11.6. The number of alkyl halides is 1. The van der Waals surface area contributed by atoms with Crippen molar-refractivity contribution in [2.75, 3.05) is 24.3 Å². The maximum atomic E-state index is 9.31. The number of hydrogen-bond donors (Lipinski definition) is 2. The van der Waals surface area contributed by atoms with Crippen LogP contribution >= 0.6 is 11.6 Å². The van der Waals surface area contributed by atoms with Gasteiger partial charge in [-0.05, 0) is 19.1 Å². The summed E-state index contributed by atoms with van der Waals surface area (Å²) in [6, 6.07) is 7.25. The number of halogens is 1. The molecule has 0 saturated heterocycles. The van der Waals surface area contributed by atoms with Crippen LogP contribution in [0.4, 0.5) is 5.69 Å². The van der Waals surface area contributed by atoms with Gasteiger partial charge in [-0.3, -0.25) is 0 Å². The van der Waals surface area contributed by atoms with Crippen LogP contribution in [0.2, 0.25) is 0 Å². The number of ether oxygens (including phenoxy) is 1. The van der Waals surface area contributed by atoms with Gasteiger partial charge in [0.05, 0.1) is 24.2 Å². The Morgan fingerprint density at radius 1 is 1.59 bits per heavy atom. The summed E-state index contributed by atoms with van der Waals surface area (Å²) in [5.41, 5.74) is 1.28. The molecule has 1 aromatic carbocycles. The Kier molecular flexibility index (Phi) is 5.61. The van der Waals surface area contributed by atoms with E-state index in [0.717, 1.165) is 5.69 Å². The zero-order valence-electron chi connectivity index (χ0n) is 9.61. The maximum Gasteiger partial charge on any atom is 0.139 e. The van der Waals surface area contributed by atoms with Gasteiger partial charge in [-0.25, -0.2) is 0 Å². The summed E-state index contributed by atoms with van der Waals surface area (Å²) in [5, 5.41) is 21.2. The first kappa shape index (κ1) is 13.6. The fraction of sp³-hybridized carbons (Fsp3) is 0.417. The molecule has 0 amide bonds. The maximum absolute atomic E-state index is 9.31. The highest BCUT2D eigenvalue weighted by molar-refractivity contribution is 6.18. The highest BCUT2D eigenvalue weighted by Crippen LogP contribution is 2.22. The number of nitriles is 1. The Labute approximate surface area is 106 Å². The highest BCUT2D eigenvalue weighted by Gasteiger charge is 2.06. The largest absolute Gasteiger partial charge is 0.492 e. The molecule has 0 aliphatic rings. The Hall–Kier alpha value is -1.44. The Balaban J connectivity index is 2.74. The lowest BCUT2D eigenvalue weighted by Crippen LogP contribution is -2.20. The second-order valence-corrected chi connectivity index (χ2v) is 3.75. The molecular weight excluding hydrogens is 240 g/mol. The van der Waals surface area contributed by atoms with Gasteiger partial charge in [0.1, 0.15) is 11.8 Å². The third-order valence-corrected chi connectivity index (χ3v) is 2.48. The summed E-state index contributed by atoms with van der Waals surface area (Å²) in [6.45, 7) is 2.72. The van der Waals surface area contributed by atoms with Crippen LogP contribution in [0.1, 0.15) is 12.5 Å². The summed E-state index contributed by atoms with van der Waals surface area (Å²) in [6.07, 6.45) is -0.595. The van der Waals surface area contributed by atoms with Crippen molar-refractivity contribution in [3.8, 4) is 11.8 Å². The molecule has 0 heterocycles. The molecule has 1 atom stereocenters. The molecule has 1 unspecified atom stereocenters. The van der Waals surface area contributed by atoms with Crippen molar-refractivity contribution in [3.05, 3.63) is 23.8 Å². The van der Waals surface area contributed by atoms with Crippen LogP contribution in [0.15, 0.2) is 18.2 Å². The minimum Gasteiger partial charge on any atom is -0.492 e. The monoisotopic (exact) mass is 254 g/mol. The Morgan fingerprint density at radius 2 is 2.35 bits per heavy atom. The SMILES string of the molecule is CCOc1cc(NCC(O)CCl)ccc1C#N. The lowest BCUT2D eigenvalue weighted by molar-refractivity contribution is 0.211. The number of anilines is 1. The van der Waals surface area contributed by atoms with Crippen LogP contribution in [0.5, 0.6) is 5.75 Å². The fourth-order valence-corrected chi connectivity index (χ4v) is 1.40. The molecule has 0 radical (unpaired) electrons. The van der Waals surface area contributed by atoms with Crippen molar-refractivity contribution in [3.63, 3.8) is 0 Å². The third-order valence-electron chi connectivity index (χ3n) is 2.12. The summed E-state index contributed by atoms with van der Waals surface area (Å²) >= 11 is 5.49. The number of benzene rings is 1. The molecule has 0 aliphatic carbocycles. The topological polar surface area (TPSA) is 65.3 Å². The van der Waals surface area contributed by atoms with E-state index in [1.165, 1.54) is 0 Å². The first-order valence-corrected chi connectivity index (χ1v) is 5.89. The molecule has 92 valence electrons. The van der Waals surface area contributed by atoms with Crippen LogP contribution in [0, 0.1) is 11.3 Å². The van der Waals surface area contributed by atoms with Gasteiger partial charge in [0.2, 0.25) is 0 Å². The van der Waals surface area contributed by atoms with Gasteiger partial charge in [0.25, 0.3) is 0 Å². The highest BCUT2D eigenvalue weighted by atomic mass is 35.5. The van der Waals surface area contributed by atoms with Crippen LogP contribution in [-0.2, 0) is 0 Å². The number of nitrogens with zero attached hydrogens (tertiary/aromatic N) is 1. The van der Waals surface area contributed by atoms with E-state index < -0.39 is 6.10 Å². The van der Waals surface area contributed by atoms with E-state index in [4.69, 9.17) is 21.6 Å². The van der Waals surface area contributed by atoms with E-state index in [9.17, 15) is 5.11 Å². The molecule has 0 aliphatic heterocycles. The van der Waals surface area contributed by atoms with Gasteiger partial charge in [0, 0.05) is 18.3 Å². The van der Waals surface area contributed by atoms with Crippen molar-refractivity contribution in [1.29, 1.82) is 5.26 Å². The standard InChI is InChI=1S/C12H15ClN2O2/c1-2-17-12-5-10(4-3-9(12)7-14)15-8-11(16)6-13/h3-5,11,15-16H,2,6,8H2,1H3. The molecule has 0 spiro atoms. The van der Waals surface area contributed by atoms with E-state index in [0.29, 0.717) is 24.5 Å². The fourth-order valence-electron chi connectivity index (χ4n) is 1.29. The van der Waals surface area contributed by atoms with Crippen molar-refractivity contribution in [1.82, 2.24) is 0 Å². The summed E-state index contributed by atoms with van der Waals surface area (Å²) in [5.74, 6) is 0.724. The van der Waals surface area contributed by atoms with Crippen molar-refractivity contribution in [2.45, 2.75) is 13.0 Å². The van der Waals surface area contributed by atoms with Crippen LogP contribution < -0.4 is 10.1 Å². The number of nitrogens with one attached hydrogen (secondary N) is 1. The molecule has 0 aromatic heterocycles. The number of aliphatic hydroxyl groups excluding tert-OH is 1. The van der Waals surface area contributed by atoms with E-state index in [1.807, 2.05) is 6.92 Å². The first-order chi connectivity index (χ1) is 8.21. The smallest absolute Gasteiger partial charge is 0.139 e. The molecule has 0 fully saturated rings. The lowest BCUT2D eigenvalue weighted by atomic mass is 10.2. The summed E-state index contributed by atoms with van der Waals surface area (Å²) in [4.78, 5) is 0. The van der Waals surface area contributed by atoms with Crippen LogP contribution in [0.3, 0.4) is 0 Å². The molecule has 1 rings (SSSR count). The molecule has 1 aromatic rings. The van der Waals surface area contributed by atoms with Crippen molar-refractivity contribution < 1.29 is 9.84 Å². The molecule has 2 N–H and O–H groups in total. The van der Waals surface area contributed by atoms with Gasteiger partial charge in [-0.1, -0.05) is 0 Å². The predicted molar refractivity (Wildman–Crippen MR) is 67.5 cm³/mol. The predicted octanol–water partition coefficient (Wildman–Crippen LogP) is 1.97. The summed E-state index contributed by atoms with van der Waals surface area (Å²) < 4.78 is 5.35. The quantitative estimate of drug-likeness (QED) is 0.762. The second kappa shape index (κ2) is 7.00. The van der Waals surface area contributed by atoms with E-state index in [2.05, 4.69) is 11.4 Å². The van der Waals surface area contributed by atoms with Gasteiger partial charge < -0.3 is 15.2 Å². The molecular formula is C12H15ClN2O2. The second-order valence-electron chi connectivity index (χ2n) is 3.44. The molecule has 4 nitrogen and oxygen atoms in total. The van der Waals surface area contributed by atoms with Gasteiger partial charge in [0.15, 0.2) is 0 Å². The Bertz CT molecular complexity index is 404. The zero-order chi connectivity index (χ0) is 12.7. The van der Waals surface area contributed by atoms with Gasteiger partial charge in [-0.15, -0.1) is 11.6 Å². The van der Waals surface area contributed by atoms with E-state index in [-0.39, 0.29) is 5.88 Å². The number of aliphatic hydroxyl groups is 1. The molecule has 0 bridgehead atoms. The average Bonchev–Trinajstić information content (AvgIpc) is 2.36. The van der Waals surface area contributed by atoms with Crippen molar-refractivity contribution >= 4 is 17.3 Å². The van der Waals surface area contributed by atoms with E-state index >= 15 is 0 Å². The third kappa shape index (κ3) is 4.14. The van der Waals surface area contributed by atoms with E-state index in [1.54, 1.807) is 18.2 Å². The summed E-state index contributed by atoms with van der Waals surface area (Å²) in [7, 11) is 0. The molecule has 5 heteroatoms. The minimum absolute atomic E-state index is 0.182. The van der Waals surface area contributed by atoms with Crippen molar-refractivity contribution in [2.24, 2.45) is 0 Å². The average molecular weight is 255 g/mol. The first-order valence-electron chi connectivity index (χ1n) is 5.36. The van der Waals surface area contributed by atoms with Gasteiger partial charge in [-0.2, -0.15) is 5.26 Å². The number of hydrogen-bond acceptors (Lipinski definition) is 4. The minimum atomic E-state index is -0.595. The van der Waals surface area contributed by atoms with Crippen LogP contribution in [0.25, 0.3) is 0 Å². The number of rotatable bonds is 6. The zero-order valence-corrected chi connectivity index (χ0v) is 10.4. The molecule has 0 saturated carbocycles. The Morgan fingerprint density at radius 3 is 2.94 bits per heavy atom. The van der Waals surface area contributed by atoms with Crippen LogP contribution in [-0.4, -0.2) is 30.2 Å². The molecule has 17 heavy (non-hydrogen) atoms.